The van der Waals surface area contributed by atoms with Gasteiger partial charge in [-0.15, -0.1) is 0 Å². The molecule has 2 atom stereocenters. The molecule has 3 heterocycles. The van der Waals surface area contributed by atoms with E-state index in [1.54, 1.807) is 35.1 Å². The first-order valence-electron chi connectivity index (χ1n) is 11.6. The van der Waals surface area contributed by atoms with E-state index in [1.807, 2.05) is 38.1 Å². The summed E-state index contributed by atoms with van der Waals surface area (Å²) in [7, 11) is -1.44. The van der Waals surface area contributed by atoms with Gasteiger partial charge in [0.1, 0.15) is 5.75 Å². The third-order valence-electron chi connectivity index (χ3n) is 6.24. The van der Waals surface area contributed by atoms with Crippen molar-refractivity contribution in [1.29, 1.82) is 0 Å². The number of aliphatic hydroxyl groups is 1. The summed E-state index contributed by atoms with van der Waals surface area (Å²) in [6, 6.07) is 14.8. The van der Waals surface area contributed by atoms with Crippen molar-refractivity contribution in [3.63, 3.8) is 0 Å². The second-order valence-corrected chi connectivity index (χ2v) is 11.0. The first kappa shape index (κ1) is 25.0. The lowest BCUT2D eigenvalue weighted by molar-refractivity contribution is 0.276. The number of benzene rings is 1. The van der Waals surface area contributed by atoms with Gasteiger partial charge in [0.05, 0.1) is 50.8 Å². The molecule has 0 amide bonds. The van der Waals surface area contributed by atoms with Crippen molar-refractivity contribution in [2.75, 3.05) is 0 Å². The van der Waals surface area contributed by atoms with E-state index in [4.69, 9.17) is 10.1 Å². The van der Waals surface area contributed by atoms with Crippen LogP contribution in [0, 0.1) is 0 Å². The van der Waals surface area contributed by atoms with Gasteiger partial charge in [-0.1, -0.05) is 25.5 Å². The molecule has 3 aromatic heterocycles. The second-order valence-electron chi connectivity index (χ2n) is 9.32. The van der Waals surface area contributed by atoms with Crippen molar-refractivity contribution in [3.8, 4) is 22.8 Å². The molecule has 4 aromatic rings. The maximum Gasteiger partial charge on any atom is 0.154 e. The summed E-state index contributed by atoms with van der Waals surface area (Å²) < 4.78 is 13.2. The van der Waals surface area contributed by atoms with Crippen LogP contribution in [0.15, 0.2) is 54.7 Å². The van der Waals surface area contributed by atoms with Crippen LogP contribution in [-0.4, -0.2) is 38.9 Å². The van der Waals surface area contributed by atoms with Crippen molar-refractivity contribution in [1.82, 2.24) is 19.7 Å². The van der Waals surface area contributed by atoms with Gasteiger partial charge in [-0.05, 0) is 63.1 Å². The van der Waals surface area contributed by atoms with Crippen molar-refractivity contribution in [3.05, 3.63) is 66.1 Å². The van der Waals surface area contributed by atoms with Crippen LogP contribution in [0.2, 0.25) is 0 Å². The zero-order valence-corrected chi connectivity index (χ0v) is 21.0. The molecule has 35 heavy (non-hydrogen) atoms. The number of fused-ring (bicyclic) bond motifs is 1. The monoisotopic (exact) mass is 493 g/mol. The summed E-state index contributed by atoms with van der Waals surface area (Å²) in [5, 5.41) is 31.0. The molecule has 0 saturated carbocycles. The first-order chi connectivity index (χ1) is 16.7. The number of pyridine rings is 2. The van der Waals surface area contributed by atoms with Gasteiger partial charge >= 0.3 is 0 Å². The van der Waals surface area contributed by atoms with E-state index in [-0.39, 0.29) is 18.3 Å². The molecular weight excluding hydrogens is 462 g/mol. The summed E-state index contributed by atoms with van der Waals surface area (Å²) in [5.41, 5.74) is 3.59. The molecule has 0 aliphatic heterocycles. The Kier molecular flexibility index (Phi) is 7.30. The maximum absolute atomic E-state index is 12.1. The predicted octanol–water partition coefficient (Wildman–Crippen LogP) is 4.36. The highest BCUT2D eigenvalue weighted by Crippen LogP contribution is 2.35. The van der Waals surface area contributed by atoms with Crippen LogP contribution in [-0.2, 0) is 17.6 Å². The molecule has 4 rings (SSSR count). The van der Waals surface area contributed by atoms with Crippen LogP contribution in [0.3, 0.4) is 0 Å². The van der Waals surface area contributed by atoms with E-state index in [2.05, 4.69) is 17.0 Å². The molecule has 0 aliphatic rings. The minimum absolute atomic E-state index is 0.0963. The molecule has 8 nitrogen and oxygen atoms in total. The Hall–Kier alpha value is -3.14. The van der Waals surface area contributed by atoms with Gasteiger partial charge in [-0.3, -0.25) is 10.1 Å². The third kappa shape index (κ3) is 5.27. The van der Waals surface area contributed by atoms with Gasteiger partial charge in [0, 0.05) is 17.2 Å². The highest BCUT2D eigenvalue weighted by Gasteiger charge is 2.29. The third-order valence-corrected chi connectivity index (χ3v) is 7.50. The Morgan fingerprint density at radius 3 is 2.63 bits per heavy atom. The standard InChI is InChI=1S/C26H31N5O3S/c1-4-7-17(14-26(2,3)35(27)34)21-9-6-10-22(30-21)18-12-23-20(24(33)13-18)15-28-31(23)25-11-5-8-19(16-32)29-25/h5-6,8-13,15,17,32-33H,4,7,14,16,27H2,1-3H3/t17-,35?/m0/s1. The Morgan fingerprint density at radius 1 is 1.14 bits per heavy atom. The minimum atomic E-state index is -1.44. The van der Waals surface area contributed by atoms with E-state index < -0.39 is 15.7 Å². The average Bonchev–Trinajstić information content (AvgIpc) is 3.28. The molecule has 0 radical (unpaired) electrons. The van der Waals surface area contributed by atoms with E-state index in [0.717, 1.165) is 29.8 Å². The van der Waals surface area contributed by atoms with Gasteiger partial charge in [-0.25, -0.2) is 13.9 Å². The maximum atomic E-state index is 12.1. The summed E-state index contributed by atoms with van der Waals surface area (Å²) >= 11 is 0. The fourth-order valence-corrected chi connectivity index (χ4v) is 4.70. The van der Waals surface area contributed by atoms with Gasteiger partial charge in [0.2, 0.25) is 0 Å². The van der Waals surface area contributed by atoms with E-state index in [0.29, 0.717) is 28.8 Å². The highest BCUT2D eigenvalue weighted by atomic mass is 32.2. The van der Waals surface area contributed by atoms with Crippen molar-refractivity contribution in [2.45, 2.75) is 57.3 Å². The number of nitrogens with two attached hydrogens (primary N) is 1. The van der Waals surface area contributed by atoms with Crippen LogP contribution >= 0.6 is 0 Å². The lowest BCUT2D eigenvalue weighted by Gasteiger charge is -2.27. The summed E-state index contributed by atoms with van der Waals surface area (Å²) in [6.45, 7) is 5.79. The average molecular weight is 494 g/mol. The van der Waals surface area contributed by atoms with E-state index >= 15 is 0 Å². The van der Waals surface area contributed by atoms with Crippen LogP contribution in [0.4, 0.5) is 0 Å². The number of hydrogen-bond donors (Lipinski definition) is 3. The molecule has 184 valence electrons. The lowest BCUT2D eigenvalue weighted by atomic mass is 9.89. The molecule has 1 unspecified atom stereocenters. The predicted molar refractivity (Wildman–Crippen MR) is 138 cm³/mol. The molecule has 4 N–H and O–H groups in total. The SMILES string of the molecule is CCC[C@@H](CC(C)(C)S(N)=O)c1cccc(-c2cc(O)c3cnn(-c4cccc(CO)n4)c3c2)n1. The van der Waals surface area contributed by atoms with Crippen LogP contribution in [0.25, 0.3) is 28.0 Å². The second kappa shape index (κ2) is 10.2. The van der Waals surface area contributed by atoms with E-state index in [9.17, 15) is 14.4 Å². The largest absolute Gasteiger partial charge is 0.507 e. The number of aromatic hydroxyl groups is 1. The fraction of sp³-hybridized carbons (Fsp3) is 0.346. The normalized spacial score (nSPS) is 13.7. The van der Waals surface area contributed by atoms with Gasteiger partial charge in [-0.2, -0.15) is 5.10 Å². The van der Waals surface area contributed by atoms with Crippen LogP contribution in [0.1, 0.15) is 57.3 Å². The number of aromatic nitrogens is 4. The van der Waals surface area contributed by atoms with Crippen LogP contribution in [0.5, 0.6) is 5.75 Å². The molecule has 0 aliphatic carbocycles. The molecule has 0 spiro atoms. The fourth-order valence-electron chi connectivity index (χ4n) is 4.33. The van der Waals surface area contributed by atoms with Gasteiger partial charge in [0.25, 0.3) is 0 Å². The van der Waals surface area contributed by atoms with Crippen LogP contribution < -0.4 is 5.14 Å². The topological polar surface area (TPSA) is 127 Å². The smallest absolute Gasteiger partial charge is 0.154 e. The zero-order valence-electron chi connectivity index (χ0n) is 20.2. The number of aliphatic hydroxyl groups excluding tert-OH is 1. The van der Waals surface area contributed by atoms with Gasteiger partial charge in [0.15, 0.2) is 5.82 Å². The molecule has 1 aromatic carbocycles. The number of nitrogens with zero attached hydrogens (tertiary/aromatic N) is 4. The Bertz CT molecular complexity index is 1370. The lowest BCUT2D eigenvalue weighted by Crippen LogP contribution is -2.33. The summed E-state index contributed by atoms with van der Waals surface area (Å²) in [5.74, 6) is 0.750. The van der Waals surface area contributed by atoms with Crippen molar-refractivity contribution < 1.29 is 14.4 Å². The van der Waals surface area contributed by atoms with Crippen molar-refractivity contribution in [2.24, 2.45) is 5.14 Å². The molecular formula is C26H31N5O3S. The molecule has 9 heteroatoms. The first-order valence-corrected chi connectivity index (χ1v) is 12.9. The van der Waals surface area contributed by atoms with Crippen molar-refractivity contribution >= 4 is 21.9 Å². The van der Waals surface area contributed by atoms with E-state index in [1.165, 1.54) is 0 Å². The zero-order chi connectivity index (χ0) is 25.2. The molecule has 0 fully saturated rings. The number of phenolic OH excluding ortho intramolecular Hbond substituents is 1. The Balaban J connectivity index is 1.77. The minimum Gasteiger partial charge on any atom is -0.507 e. The Labute approximate surface area is 207 Å². The highest BCUT2D eigenvalue weighted by molar-refractivity contribution is 7.84. The summed E-state index contributed by atoms with van der Waals surface area (Å²) in [6.07, 6.45) is 4.12. The molecule has 0 bridgehead atoms. The number of rotatable bonds is 9. The quantitative estimate of drug-likeness (QED) is 0.318. The Morgan fingerprint density at radius 2 is 1.91 bits per heavy atom. The summed E-state index contributed by atoms with van der Waals surface area (Å²) in [4.78, 5) is 9.38. The number of phenols is 1. The molecule has 0 saturated heterocycles. The number of hydrogen-bond acceptors (Lipinski definition) is 6. The van der Waals surface area contributed by atoms with Gasteiger partial charge < -0.3 is 10.2 Å².